The molecule has 0 atom stereocenters. The van der Waals surface area contributed by atoms with Crippen molar-refractivity contribution in [1.82, 2.24) is 4.98 Å². The van der Waals surface area contributed by atoms with Crippen LogP contribution in [0.2, 0.25) is 0 Å². The van der Waals surface area contributed by atoms with E-state index in [4.69, 9.17) is 0 Å². The zero-order valence-corrected chi connectivity index (χ0v) is 10.3. The van der Waals surface area contributed by atoms with E-state index in [9.17, 15) is 14.5 Å². The summed E-state index contributed by atoms with van der Waals surface area (Å²) in [6.07, 6.45) is 0. The van der Waals surface area contributed by atoms with E-state index in [-0.39, 0.29) is 5.69 Å². The molecule has 0 fully saturated rings. The maximum absolute atomic E-state index is 13.2. The predicted octanol–water partition coefficient (Wildman–Crippen LogP) is 3.11. The molecule has 0 saturated carbocycles. The Morgan fingerprint density at radius 1 is 1.50 bits per heavy atom. The molecule has 0 spiro atoms. The molecule has 1 aromatic heterocycles. The summed E-state index contributed by atoms with van der Waals surface area (Å²) in [5.74, 6) is -0.632. The van der Waals surface area contributed by atoms with Crippen molar-refractivity contribution < 1.29 is 9.31 Å². The Morgan fingerprint density at radius 2 is 2.28 bits per heavy atom. The van der Waals surface area contributed by atoms with E-state index in [1.807, 2.05) is 6.92 Å². The van der Waals surface area contributed by atoms with Crippen molar-refractivity contribution in [2.24, 2.45) is 0 Å². The van der Waals surface area contributed by atoms with Crippen molar-refractivity contribution >= 4 is 22.7 Å². The number of nitro benzene ring substituents is 1. The molecule has 2 aromatic rings. The van der Waals surface area contributed by atoms with Gasteiger partial charge in [-0.3, -0.25) is 10.1 Å². The highest BCUT2D eigenvalue weighted by molar-refractivity contribution is 7.09. The molecule has 7 heteroatoms. The zero-order valence-electron chi connectivity index (χ0n) is 9.51. The van der Waals surface area contributed by atoms with Gasteiger partial charge in [-0.05, 0) is 13.0 Å². The standard InChI is InChI=1S/C11H10FN3O2S/c1-7-11(18-6-14-7)5-13-9-2-8(12)3-10(4-9)15(16)17/h2-4,6,13H,5H2,1H3. The smallest absolute Gasteiger partial charge is 0.274 e. The maximum Gasteiger partial charge on any atom is 0.274 e. The molecular weight excluding hydrogens is 257 g/mol. The maximum atomic E-state index is 13.2. The van der Waals surface area contributed by atoms with E-state index in [1.54, 1.807) is 5.51 Å². The number of hydrogen-bond acceptors (Lipinski definition) is 5. The Balaban J connectivity index is 2.14. The Morgan fingerprint density at radius 3 is 2.89 bits per heavy atom. The third-order valence-electron chi connectivity index (χ3n) is 2.39. The molecule has 0 aliphatic heterocycles. The largest absolute Gasteiger partial charge is 0.380 e. The number of halogens is 1. The molecule has 1 N–H and O–H groups in total. The normalized spacial score (nSPS) is 10.3. The molecular formula is C11H10FN3O2S. The topological polar surface area (TPSA) is 68.1 Å². The molecule has 0 amide bonds. The highest BCUT2D eigenvalue weighted by Crippen LogP contribution is 2.21. The van der Waals surface area contributed by atoms with Crippen LogP contribution in [0.3, 0.4) is 0 Å². The van der Waals surface area contributed by atoms with Gasteiger partial charge in [-0.1, -0.05) is 0 Å². The molecule has 5 nitrogen and oxygen atoms in total. The average Bonchev–Trinajstić information content (AvgIpc) is 2.71. The van der Waals surface area contributed by atoms with Crippen LogP contribution in [0.1, 0.15) is 10.6 Å². The van der Waals surface area contributed by atoms with Crippen LogP contribution in [0.15, 0.2) is 23.7 Å². The number of anilines is 1. The van der Waals surface area contributed by atoms with E-state index in [0.29, 0.717) is 12.2 Å². The molecule has 0 unspecified atom stereocenters. The van der Waals surface area contributed by atoms with Gasteiger partial charge in [-0.25, -0.2) is 9.37 Å². The van der Waals surface area contributed by atoms with E-state index in [0.717, 1.165) is 16.6 Å². The van der Waals surface area contributed by atoms with Crippen LogP contribution >= 0.6 is 11.3 Å². The minimum atomic E-state index is -0.632. The highest BCUT2D eigenvalue weighted by atomic mass is 32.1. The van der Waals surface area contributed by atoms with Crippen molar-refractivity contribution in [2.45, 2.75) is 13.5 Å². The third-order valence-corrected chi connectivity index (χ3v) is 3.33. The summed E-state index contributed by atoms with van der Waals surface area (Å²) in [4.78, 5) is 15.1. The summed E-state index contributed by atoms with van der Waals surface area (Å²) in [7, 11) is 0. The number of thiazole rings is 1. The number of benzene rings is 1. The van der Waals surface area contributed by atoms with E-state index < -0.39 is 10.7 Å². The quantitative estimate of drug-likeness (QED) is 0.682. The van der Waals surface area contributed by atoms with Crippen LogP contribution in [0.4, 0.5) is 15.8 Å². The summed E-state index contributed by atoms with van der Waals surface area (Å²) in [6, 6.07) is 3.42. The number of nitrogens with one attached hydrogen (secondary N) is 1. The zero-order chi connectivity index (χ0) is 13.1. The van der Waals surface area contributed by atoms with Crippen molar-refractivity contribution in [3.8, 4) is 0 Å². The van der Waals surface area contributed by atoms with Gasteiger partial charge in [-0.15, -0.1) is 11.3 Å². The molecule has 0 saturated heterocycles. The number of hydrogen-bond donors (Lipinski definition) is 1. The van der Waals surface area contributed by atoms with Gasteiger partial charge in [0.2, 0.25) is 0 Å². The lowest BCUT2D eigenvalue weighted by molar-refractivity contribution is -0.385. The lowest BCUT2D eigenvalue weighted by atomic mass is 10.2. The first kappa shape index (κ1) is 12.4. The predicted molar refractivity (Wildman–Crippen MR) is 67.2 cm³/mol. The van der Waals surface area contributed by atoms with Crippen LogP contribution < -0.4 is 5.32 Å². The molecule has 0 bridgehead atoms. The third kappa shape index (κ3) is 2.80. The molecule has 94 valence electrons. The van der Waals surface area contributed by atoms with Gasteiger partial charge in [0.1, 0.15) is 5.82 Å². The van der Waals surface area contributed by atoms with Crippen LogP contribution in [-0.2, 0) is 6.54 Å². The number of nitro groups is 1. The van der Waals surface area contributed by atoms with Crippen LogP contribution in [0.5, 0.6) is 0 Å². The number of aromatic nitrogens is 1. The molecule has 1 heterocycles. The van der Waals surface area contributed by atoms with Gasteiger partial charge >= 0.3 is 0 Å². The minimum absolute atomic E-state index is 0.265. The Kier molecular flexibility index (Phi) is 3.52. The van der Waals surface area contributed by atoms with Gasteiger partial charge in [0, 0.05) is 16.6 Å². The average molecular weight is 267 g/mol. The lowest BCUT2D eigenvalue weighted by Gasteiger charge is -2.05. The molecule has 0 radical (unpaired) electrons. The van der Waals surface area contributed by atoms with Gasteiger partial charge in [0.25, 0.3) is 5.69 Å². The summed E-state index contributed by atoms with van der Waals surface area (Å²) in [5, 5.41) is 13.5. The fourth-order valence-corrected chi connectivity index (χ4v) is 2.18. The first-order valence-electron chi connectivity index (χ1n) is 5.14. The Labute approximate surface area is 106 Å². The van der Waals surface area contributed by atoms with Crippen molar-refractivity contribution in [3.05, 3.63) is 50.2 Å². The highest BCUT2D eigenvalue weighted by Gasteiger charge is 2.10. The molecule has 2 rings (SSSR count). The number of rotatable bonds is 4. The fourth-order valence-electron chi connectivity index (χ4n) is 1.46. The number of non-ortho nitro benzene ring substituents is 1. The van der Waals surface area contributed by atoms with Gasteiger partial charge in [0.15, 0.2) is 0 Å². The monoisotopic (exact) mass is 267 g/mol. The summed E-state index contributed by atoms with van der Waals surface area (Å²) < 4.78 is 13.2. The molecule has 0 aliphatic carbocycles. The SMILES string of the molecule is Cc1ncsc1CNc1cc(F)cc([N+](=O)[O-])c1. The molecule has 1 aromatic carbocycles. The van der Waals surface area contributed by atoms with Crippen LogP contribution in [0, 0.1) is 22.9 Å². The van der Waals surface area contributed by atoms with Crippen LogP contribution in [0.25, 0.3) is 0 Å². The summed E-state index contributed by atoms with van der Waals surface area (Å²) >= 11 is 1.48. The summed E-state index contributed by atoms with van der Waals surface area (Å²) in [6.45, 7) is 2.35. The number of nitrogens with zero attached hydrogens (tertiary/aromatic N) is 2. The Bertz CT molecular complexity index is 585. The summed E-state index contributed by atoms with van der Waals surface area (Å²) in [5.41, 5.74) is 2.74. The van der Waals surface area contributed by atoms with E-state index >= 15 is 0 Å². The molecule has 0 aliphatic rings. The first-order valence-corrected chi connectivity index (χ1v) is 6.02. The van der Waals surface area contributed by atoms with Crippen molar-refractivity contribution in [3.63, 3.8) is 0 Å². The second-order valence-electron chi connectivity index (χ2n) is 3.67. The molecule has 18 heavy (non-hydrogen) atoms. The minimum Gasteiger partial charge on any atom is -0.380 e. The van der Waals surface area contributed by atoms with Crippen LogP contribution in [-0.4, -0.2) is 9.91 Å². The second-order valence-corrected chi connectivity index (χ2v) is 4.61. The lowest BCUT2D eigenvalue weighted by Crippen LogP contribution is -2.00. The van der Waals surface area contributed by atoms with Crippen molar-refractivity contribution in [2.75, 3.05) is 5.32 Å². The number of aryl methyl sites for hydroxylation is 1. The fraction of sp³-hybridized carbons (Fsp3) is 0.182. The second kappa shape index (κ2) is 5.09. The Hall–Kier alpha value is -2.02. The van der Waals surface area contributed by atoms with Gasteiger partial charge in [-0.2, -0.15) is 0 Å². The van der Waals surface area contributed by atoms with E-state index in [2.05, 4.69) is 10.3 Å². The van der Waals surface area contributed by atoms with Crippen molar-refractivity contribution in [1.29, 1.82) is 0 Å². The van der Waals surface area contributed by atoms with Gasteiger partial charge in [0.05, 0.1) is 28.7 Å². The van der Waals surface area contributed by atoms with Gasteiger partial charge < -0.3 is 5.32 Å². The van der Waals surface area contributed by atoms with E-state index in [1.165, 1.54) is 23.5 Å². The first-order chi connectivity index (χ1) is 8.56.